The average molecular weight is 332 g/mol. The summed E-state index contributed by atoms with van der Waals surface area (Å²) in [4.78, 5) is 25.6. The molecule has 0 aromatic carbocycles. The van der Waals surface area contributed by atoms with Gasteiger partial charge in [-0.25, -0.2) is 0 Å². The molecule has 3 aliphatic carbocycles. The zero-order chi connectivity index (χ0) is 17.9. The quantitative estimate of drug-likeness (QED) is 0.814. The standard InChI is InChI=1S/C20H28O4/c1-11(2)13-8-17(24)20(4)6-5-19(3)14(18(13)20)9-15(22)12(10-21)7-16(19)23/h7-8,11,14-15,18,21-22H,5-6,9-10H2,1-4H3. The van der Waals surface area contributed by atoms with Crippen molar-refractivity contribution >= 4 is 11.6 Å². The van der Waals surface area contributed by atoms with Crippen LogP contribution in [0.15, 0.2) is 23.3 Å². The molecule has 5 unspecified atom stereocenters. The number of hydrogen-bond acceptors (Lipinski definition) is 4. The number of ketones is 2. The SMILES string of the molecule is CC(C)C1=CC(=O)C2(C)CCC3(C)C(=O)C=C(CO)C(O)CC3C12. The minimum absolute atomic E-state index is 0.00575. The zero-order valence-corrected chi connectivity index (χ0v) is 15.0. The van der Waals surface area contributed by atoms with E-state index in [0.29, 0.717) is 24.8 Å². The Morgan fingerprint density at radius 3 is 2.29 bits per heavy atom. The van der Waals surface area contributed by atoms with Gasteiger partial charge in [0.1, 0.15) is 0 Å². The Kier molecular flexibility index (Phi) is 4.12. The number of carbonyl (C=O) groups excluding carboxylic acids is 2. The summed E-state index contributed by atoms with van der Waals surface area (Å²) in [5.74, 6) is 0.300. The van der Waals surface area contributed by atoms with Gasteiger partial charge in [-0.05, 0) is 54.7 Å². The van der Waals surface area contributed by atoms with E-state index in [0.717, 1.165) is 5.57 Å². The molecule has 5 atom stereocenters. The largest absolute Gasteiger partial charge is 0.392 e. The molecule has 4 nitrogen and oxygen atoms in total. The van der Waals surface area contributed by atoms with Crippen LogP contribution in [0.1, 0.15) is 47.0 Å². The number of carbonyl (C=O) groups is 2. The van der Waals surface area contributed by atoms with Gasteiger partial charge < -0.3 is 10.2 Å². The van der Waals surface area contributed by atoms with Gasteiger partial charge in [-0.3, -0.25) is 9.59 Å². The minimum Gasteiger partial charge on any atom is -0.392 e. The second kappa shape index (κ2) is 5.63. The summed E-state index contributed by atoms with van der Waals surface area (Å²) in [6, 6.07) is 0. The molecule has 0 aromatic rings. The third kappa shape index (κ3) is 2.26. The predicted octanol–water partition coefficient (Wildman–Crippen LogP) is 2.44. The number of hydrogen-bond donors (Lipinski definition) is 2. The number of aliphatic hydroxyl groups is 2. The zero-order valence-electron chi connectivity index (χ0n) is 15.0. The molecule has 1 fully saturated rings. The lowest BCUT2D eigenvalue weighted by molar-refractivity contribution is -0.141. The maximum Gasteiger partial charge on any atom is 0.162 e. The highest BCUT2D eigenvalue weighted by Gasteiger charge is 2.60. The molecule has 1 saturated carbocycles. The molecule has 0 radical (unpaired) electrons. The Labute approximate surface area is 143 Å². The molecular formula is C20H28O4. The van der Waals surface area contributed by atoms with Crippen LogP contribution in [0.3, 0.4) is 0 Å². The number of fused-ring (bicyclic) bond motifs is 3. The van der Waals surface area contributed by atoms with Crippen molar-refractivity contribution < 1.29 is 19.8 Å². The fraction of sp³-hybridized carbons (Fsp3) is 0.700. The van der Waals surface area contributed by atoms with E-state index in [1.807, 2.05) is 13.8 Å². The van der Waals surface area contributed by atoms with Crippen LogP contribution in [-0.2, 0) is 9.59 Å². The van der Waals surface area contributed by atoms with Crippen LogP contribution in [0.4, 0.5) is 0 Å². The Hall–Kier alpha value is -1.26. The Bertz CT molecular complexity index is 644. The molecule has 0 saturated heterocycles. The minimum atomic E-state index is -0.822. The smallest absolute Gasteiger partial charge is 0.162 e. The number of rotatable bonds is 2. The molecule has 0 heterocycles. The van der Waals surface area contributed by atoms with Crippen LogP contribution in [-0.4, -0.2) is 34.5 Å². The molecule has 3 rings (SSSR count). The monoisotopic (exact) mass is 332 g/mol. The van der Waals surface area contributed by atoms with Gasteiger partial charge in [-0.1, -0.05) is 33.3 Å². The van der Waals surface area contributed by atoms with Crippen molar-refractivity contribution in [3.05, 3.63) is 23.3 Å². The van der Waals surface area contributed by atoms with E-state index >= 15 is 0 Å². The van der Waals surface area contributed by atoms with Crippen LogP contribution >= 0.6 is 0 Å². The lowest BCUT2D eigenvalue weighted by Gasteiger charge is -2.51. The molecule has 0 aliphatic heterocycles. The van der Waals surface area contributed by atoms with E-state index in [2.05, 4.69) is 13.8 Å². The first kappa shape index (κ1) is 17.6. The molecule has 132 valence electrons. The summed E-state index contributed by atoms with van der Waals surface area (Å²) in [5.41, 5.74) is 0.469. The fourth-order valence-corrected chi connectivity index (χ4v) is 5.16. The first-order valence-corrected chi connectivity index (χ1v) is 8.95. The van der Waals surface area contributed by atoms with Gasteiger partial charge in [0.2, 0.25) is 0 Å². The van der Waals surface area contributed by atoms with Gasteiger partial charge in [0.05, 0.1) is 12.7 Å². The van der Waals surface area contributed by atoms with Crippen molar-refractivity contribution in [3.63, 3.8) is 0 Å². The Morgan fingerprint density at radius 2 is 1.71 bits per heavy atom. The van der Waals surface area contributed by atoms with Crippen LogP contribution in [0.2, 0.25) is 0 Å². The third-order valence-corrected chi connectivity index (χ3v) is 6.92. The summed E-state index contributed by atoms with van der Waals surface area (Å²) in [6.45, 7) is 7.87. The topological polar surface area (TPSA) is 74.6 Å². The summed E-state index contributed by atoms with van der Waals surface area (Å²) in [6.07, 6.45) is 4.19. The molecule has 3 aliphatic rings. The lowest BCUT2D eigenvalue weighted by atomic mass is 9.50. The van der Waals surface area contributed by atoms with Crippen molar-refractivity contribution in [1.29, 1.82) is 0 Å². The highest BCUT2D eigenvalue weighted by molar-refractivity contribution is 6.00. The van der Waals surface area contributed by atoms with Gasteiger partial charge in [0.15, 0.2) is 11.6 Å². The van der Waals surface area contributed by atoms with Crippen molar-refractivity contribution in [2.75, 3.05) is 6.61 Å². The first-order valence-electron chi connectivity index (χ1n) is 8.95. The van der Waals surface area contributed by atoms with Crippen molar-refractivity contribution in [3.8, 4) is 0 Å². The Balaban J connectivity index is 2.11. The second-order valence-corrected chi connectivity index (χ2v) is 8.58. The molecule has 0 spiro atoms. The van der Waals surface area contributed by atoms with E-state index < -0.39 is 16.9 Å². The molecule has 0 aromatic heterocycles. The molecule has 4 heteroatoms. The van der Waals surface area contributed by atoms with Crippen LogP contribution in [0, 0.1) is 28.6 Å². The first-order chi connectivity index (χ1) is 11.1. The maximum absolute atomic E-state index is 12.9. The molecule has 24 heavy (non-hydrogen) atoms. The predicted molar refractivity (Wildman–Crippen MR) is 91.2 cm³/mol. The van der Waals surface area contributed by atoms with Crippen LogP contribution in [0.5, 0.6) is 0 Å². The summed E-state index contributed by atoms with van der Waals surface area (Å²) in [7, 11) is 0. The highest BCUT2D eigenvalue weighted by atomic mass is 16.3. The number of allylic oxidation sites excluding steroid dienone is 3. The van der Waals surface area contributed by atoms with E-state index in [1.54, 1.807) is 6.08 Å². The molecule has 2 N–H and O–H groups in total. The molecule has 0 bridgehead atoms. The summed E-state index contributed by atoms with van der Waals surface area (Å²) < 4.78 is 0. The van der Waals surface area contributed by atoms with Crippen LogP contribution < -0.4 is 0 Å². The summed E-state index contributed by atoms with van der Waals surface area (Å²) in [5, 5.41) is 20.0. The van der Waals surface area contributed by atoms with Gasteiger partial charge >= 0.3 is 0 Å². The lowest BCUT2D eigenvalue weighted by Crippen LogP contribution is -2.51. The van der Waals surface area contributed by atoms with Gasteiger partial charge in [0.25, 0.3) is 0 Å². The van der Waals surface area contributed by atoms with Crippen molar-refractivity contribution in [2.24, 2.45) is 28.6 Å². The van der Waals surface area contributed by atoms with Gasteiger partial charge in [-0.15, -0.1) is 0 Å². The van der Waals surface area contributed by atoms with Crippen molar-refractivity contribution in [1.82, 2.24) is 0 Å². The second-order valence-electron chi connectivity index (χ2n) is 8.58. The van der Waals surface area contributed by atoms with E-state index in [4.69, 9.17) is 0 Å². The summed E-state index contributed by atoms with van der Waals surface area (Å²) >= 11 is 0. The Morgan fingerprint density at radius 1 is 1.12 bits per heavy atom. The highest BCUT2D eigenvalue weighted by Crippen LogP contribution is 2.61. The van der Waals surface area contributed by atoms with Crippen LogP contribution in [0.25, 0.3) is 0 Å². The maximum atomic E-state index is 12.9. The van der Waals surface area contributed by atoms with Crippen molar-refractivity contribution in [2.45, 2.75) is 53.1 Å². The molecule has 0 amide bonds. The normalized spacial score (nSPS) is 42.4. The van der Waals surface area contributed by atoms with E-state index in [-0.39, 0.29) is 35.9 Å². The van der Waals surface area contributed by atoms with Gasteiger partial charge in [-0.2, -0.15) is 0 Å². The average Bonchev–Trinajstić information content (AvgIpc) is 2.74. The third-order valence-electron chi connectivity index (χ3n) is 6.92. The number of aliphatic hydroxyl groups excluding tert-OH is 2. The van der Waals surface area contributed by atoms with E-state index in [9.17, 15) is 19.8 Å². The fourth-order valence-electron chi connectivity index (χ4n) is 5.16. The van der Waals surface area contributed by atoms with Gasteiger partial charge in [0, 0.05) is 10.8 Å². The molecular weight excluding hydrogens is 304 g/mol. The van der Waals surface area contributed by atoms with E-state index in [1.165, 1.54) is 6.08 Å².